The predicted octanol–water partition coefficient (Wildman–Crippen LogP) is 0.0706. The molecule has 2 amide bonds. The second kappa shape index (κ2) is 8.90. The van der Waals surface area contributed by atoms with Crippen LogP contribution in [0.5, 0.6) is 0 Å². The Labute approximate surface area is 130 Å². The van der Waals surface area contributed by atoms with E-state index in [1.54, 1.807) is 0 Å². The van der Waals surface area contributed by atoms with Crippen LogP contribution in [0.1, 0.15) is 5.76 Å². The number of hydrazone groups is 1. The van der Waals surface area contributed by atoms with Gasteiger partial charge in [-0.3, -0.25) is 19.0 Å². The number of aromatic nitrogens is 1. The summed E-state index contributed by atoms with van der Waals surface area (Å²) in [7, 11) is 0. The summed E-state index contributed by atoms with van der Waals surface area (Å²) in [6.45, 7) is 0. The smallest absolute Gasteiger partial charge is 0.433 e. The highest BCUT2D eigenvalue weighted by Gasteiger charge is 2.09. The van der Waals surface area contributed by atoms with E-state index >= 15 is 0 Å². The Morgan fingerprint density at radius 3 is 2.74 bits per heavy atom. The molecule has 0 aliphatic carbocycles. The first-order valence-electron chi connectivity index (χ1n) is 5.46. The number of carbonyl (C=O) groups is 1. The molecule has 0 aliphatic rings. The van der Waals surface area contributed by atoms with E-state index in [1.807, 2.05) is 10.1 Å². The molecule has 0 aromatic carbocycles. The molecule has 0 spiro atoms. The maximum Gasteiger partial charge on any atom is 0.433 e. The van der Waals surface area contributed by atoms with E-state index in [-0.39, 0.29) is 11.8 Å². The van der Waals surface area contributed by atoms with Gasteiger partial charge in [-0.15, -0.1) is 0 Å². The van der Waals surface area contributed by atoms with Gasteiger partial charge < -0.3 is 19.1 Å². The van der Waals surface area contributed by atoms with Crippen LogP contribution in [0.2, 0.25) is 0 Å². The van der Waals surface area contributed by atoms with Crippen LogP contribution < -0.4 is 15.9 Å². The summed E-state index contributed by atoms with van der Waals surface area (Å²) in [5.74, 6) is -0.254. The number of nitrogens with two attached hydrogens (primary N) is 1. The van der Waals surface area contributed by atoms with Crippen LogP contribution in [0.25, 0.3) is 0 Å². The minimum absolute atomic E-state index is 0.0247. The lowest BCUT2D eigenvalue weighted by atomic mass is 10.5. The zero-order chi connectivity index (χ0) is 17.2. The van der Waals surface area contributed by atoms with Crippen LogP contribution in [-0.2, 0) is 11.3 Å². The average Bonchev–Trinajstić information content (AvgIpc) is 3.09. The standard InChI is InChI=1S/C6H6N4O4.C3H4N2O3S/c7-6(11)9-8-3-4-1-2-5(14-4)10(12)13;6-9(7)5-3-4-1-2-8-3/h1-3H,(H3,7,9,11);1-2H,(H,4,5)(H,6,7)/p-1/b8-3+;. The van der Waals surface area contributed by atoms with Crippen molar-refractivity contribution in [2.45, 2.75) is 0 Å². The largest absolute Gasteiger partial charge is 0.755 e. The van der Waals surface area contributed by atoms with Crippen molar-refractivity contribution < 1.29 is 27.3 Å². The number of nitro groups is 1. The normalized spacial score (nSPS) is 11.3. The molecule has 1 unspecified atom stereocenters. The molecular weight excluding hydrogens is 336 g/mol. The van der Waals surface area contributed by atoms with Gasteiger partial charge >= 0.3 is 17.9 Å². The lowest BCUT2D eigenvalue weighted by molar-refractivity contribution is -0.402. The molecule has 0 bridgehead atoms. The van der Waals surface area contributed by atoms with Crippen molar-refractivity contribution in [3.8, 4) is 0 Å². The molecule has 23 heavy (non-hydrogen) atoms. The SMILES string of the molecule is NC(=O)N/N=C/c1ccc([N+](=O)[O-])o1.O=S([O-])Nc1ncco1. The summed E-state index contributed by atoms with van der Waals surface area (Å²) in [5.41, 5.74) is 6.62. The number of nitrogens with zero attached hydrogens (tertiary/aromatic N) is 3. The van der Waals surface area contributed by atoms with E-state index in [2.05, 4.69) is 18.9 Å². The number of furan rings is 1. The number of oxazole rings is 1. The third kappa shape index (κ3) is 7.34. The van der Waals surface area contributed by atoms with Crippen molar-refractivity contribution in [1.82, 2.24) is 10.4 Å². The summed E-state index contributed by atoms with van der Waals surface area (Å²) in [4.78, 5) is 23.1. The number of primary amides is 1. The zero-order valence-corrected chi connectivity index (χ0v) is 11.9. The molecule has 0 saturated heterocycles. The van der Waals surface area contributed by atoms with E-state index in [1.165, 1.54) is 24.6 Å². The molecule has 0 saturated carbocycles. The second-order valence-electron chi connectivity index (χ2n) is 3.34. The van der Waals surface area contributed by atoms with Crippen molar-refractivity contribution >= 4 is 35.4 Å². The highest BCUT2D eigenvalue weighted by atomic mass is 32.2. The fourth-order valence-corrected chi connectivity index (χ4v) is 1.26. The van der Waals surface area contributed by atoms with Crippen LogP contribution in [0.3, 0.4) is 0 Å². The molecule has 2 heterocycles. The van der Waals surface area contributed by atoms with Gasteiger partial charge in [0.1, 0.15) is 11.2 Å². The third-order valence-electron chi connectivity index (χ3n) is 1.76. The van der Waals surface area contributed by atoms with Crippen molar-refractivity contribution in [3.05, 3.63) is 40.5 Å². The minimum Gasteiger partial charge on any atom is -0.755 e. The van der Waals surface area contributed by atoms with Gasteiger partial charge in [-0.05, 0) is 6.07 Å². The van der Waals surface area contributed by atoms with Crippen LogP contribution in [0.15, 0.2) is 38.5 Å². The number of hydrogen-bond acceptors (Lipinski definition) is 9. The maximum absolute atomic E-state index is 10.2. The monoisotopic (exact) mass is 345 g/mol. The summed E-state index contributed by atoms with van der Waals surface area (Å²) in [5, 5.41) is 13.5. The molecule has 2 rings (SSSR count). The number of rotatable bonds is 5. The molecule has 1 atom stereocenters. The van der Waals surface area contributed by atoms with Crippen molar-refractivity contribution in [3.63, 3.8) is 0 Å². The molecule has 0 aliphatic heterocycles. The summed E-state index contributed by atoms with van der Waals surface area (Å²) in [6, 6.07) is 1.65. The number of nitrogens with one attached hydrogen (secondary N) is 2. The molecule has 4 N–H and O–H groups in total. The molecule has 0 radical (unpaired) electrons. The summed E-state index contributed by atoms with van der Waals surface area (Å²) >= 11 is -2.35. The van der Waals surface area contributed by atoms with Crippen LogP contribution in [0, 0.1) is 10.1 Å². The van der Waals surface area contributed by atoms with Gasteiger partial charge in [-0.1, -0.05) is 0 Å². The Morgan fingerprint density at radius 2 is 2.26 bits per heavy atom. The fraction of sp³-hybridized carbons (Fsp3) is 0. The number of hydrogen-bond donors (Lipinski definition) is 3. The number of urea groups is 1. The zero-order valence-electron chi connectivity index (χ0n) is 11.1. The Balaban J connectivity index is 0.000000253. The van der Waals surface area contributed by atoms with Gasteiger partial charge in [0.25, 0.3) is 0 Å². The third-order valence-corrected chi connectivity index (χ3v) is 2.10. The quantitative estimate of drug-likeness (QED) is 0.292. The Kier molecular flexibility index (Phi) is 6.89. The van der Waals surface area contributed by atoms with Gasteiger partial charge in [-0.25, -0.2) is 15.2 Å². The molecule has 124 valence electrons. The van der Waals surface area contributed by atoms with E-state index in [0.717, 1.165) is 6.21 Å². The topological polar surface area (TPSA) is 202 Å². The van der Waals surface area contributed by atoms with Crippen molar-refractivity contribution in [2.75, 3.05) is 4.72 Å². The molecular formula is C9H9N6O7S-. The van der Waals surface area contributed by atoms with Crippen molar-refractivity contribution in [2.24, 2.45) is 10.8 Å². The highest BCUT2D eigenvalue weighted by molar-refractivity contribution is 7.80. The fourth-order valence-electron chi connectivity index (χ4n) is 1.01. The molecule has 2 aromatic rings. The van der Waals surface area contributed by atoms with Crippen LogP contribution in [0.4, 0.5) is 16.7 Å². The molecule has 0 fully saturated rings. The Hall–Kier alpha value is -3.26. The molecule has 2 aromatic heterocycles. The first-order chi connectivity index (χ1) is 10.9. The van der Waals surface area contributed by atoms with Gasteiger partial charge in [0.05, 0.1) is 18.5 Å². The maximum atomic E-state index is 10.2. The van der Waals surface area contributed by atoms with E-state index in [0.29, 0.717) is 0 Å². The summed E-state index contributed by atoms with van der Waals surface area (Å²) in [6.07, 6.45) is 3.71. The Morgan fingerprint density at radius 1 is 1.52 bits per heavy atom. The van der Waals surface area contributed by atoms with Gasteiger partial charge in [0.2, 0.25) is 0 Å². The first kappa shape index (κ1) is 17.8. The summed E-state index contributed by atoms with van der Waals surface area (Å²) < 4.78 is 30.9. The Bertz CT molecular complexity index is 697. The molecule has 13 nitrogen and oxygen atoms in total. The number of anilines is 1. The lowest BCUT2D eigenvalue weighted by Gasteiger charge is -2.01. The van der Waals surface area contributed by atoms with Gasteiger partial charge in [0.15, 0.2) is 5.76 Å². The lowest BCUT2D eigenvalue weighted by Crippen LogP contribution is -2.24. The first-order valence-corrected chi connectivity index (χ1v) is 6.54. The van der Waals surface area contributed by atoms with E-state index in [9.17, 15) is 23.7 Å². The highest BCUT2D eigenvalue weighted by Crippen LogP contribution is 2.13. The number of amides is 2. The minimum atomic E-state index is -2.35. The van der Waals surface area contributed by atoms with E-state index in [4.69, 9.17) is 5.73 Å². The predicted molar refractivity (Wildman–Crippen MR) is 74.7 cm³/mol. The second-order valence-corrected chi connectivity index (χ2v) is 4.01. The van der Waals surface area contributed by atoms with Crippen molar-refractivity contribution in [1.29, 1.82) is 0 Å². The van der Waals surface area contributed by atoms with E-state index < -0.39 is 28.1 Å². The van der Waals surface area contributed by atoms with Crippen LogP contribution >= 0.6 is 0 Å². The number of carbonyl (C=O) groups excluding carboxylic acids is 1. The van der Waals surface area contributed by atoms with Gasteiger partial charge in [0, 0.05) is 11.3 Å². The van der Waals surface area contributed by atoms with Crippen LogP contribution in [-0.4, -0.2) is 30.9 Å². The average molecular weight is 345 g/mol. The molecule has 14 heteroatoms. The van der Waals surface area contributed by atoms with Gasteiger partial charge in [-0.2, -0.15) is 5.10 Å².